The van der Waals surface area contributed by atoms with Crippen LogP contribution >= 0.6 is 0 Å². The van der Waals surface area contributed by atoms with Crippen LogP contribution in [-0.4, -0.2) is 20.2 Å². The fraction of sp³-hybridized carbons (Fsp3) is 0.0500. The number of halogens is 1. The first kappa shape index (κ1) is 16.7. The normalized spacial score (nSPS) is 10.6. The molecule has 0 spiro atoms. The van der Waals surface area contributed by atoms with Gasteiger partial charge in [0, 0.05) is 12.2 Å². The van der Waals surface area contributed by atoms with Gasteiger partial charge in [0.05, 0.1) is 5.69 Å². The van der Waals surface area contributed by atoms with Crippen molar-refractivity contribution in [1.29, 1.82) is 0 Å². The molecule has 0 aliphatic heterocycles. The molecule has 0 saturated carbocycles. The van der Waals surface area contributed by atoms with E-state index >= 15 is 0 Å². The highest BCUT2D eigenvalue weighted by atomic mass is 19.1. The quantitative estimate of drug-likeness (QED) is 0.557. The molecule has 0 amide bonds. The molecule has 1 heterocycles. The van der Waals surface area contributed by atoms with Crippen LogP contribution in [0.3, 0.4) is 0 Å². The number of ether oxygens (including phenoxy) is 1. The van der Waals surface area contributed by atoms with E-state index in [1.165, 1.54) is 16.8 Å². The second-order valence-corrected chi connectivity index (χ2v) is 5.82. The van der Waals surface area contributed by atoms with Crippen LogP contribution in [0.4, 0.5) is 10.1 Å². The largest absolute Gasteiger partial charge is 0.423 e. The minimum Gasteiger partial charge on any atom is -0.423 e. The Kier molecular flexibility index (Phi) is 4.74. The van der Waals surface area contributed by atoms with Gasteiger partial charge in [-0.1, -0.05) is 35.4 Å². The molecule has 4 aromatic rings. The summed E-state index contributed by atoms with van der Waals surface area (Å²) in [5.74, 6) is 0.368. The van der Waals surface area contributed by atoms with Gasteiger partial charge in [0.1, 0.15) is 11.6 Å². The highest BCUT2D eigenvalue weighted by Crippen LogP contribution is 2.22. The van der Waals surface area contributed by atoms with Crippen molar-refractivity contribution in [3.8, 4) is 17.4 Å². The van der Waals surface area contributed by atoms with E-state index in [9.17, 15) is 4.39 Å². The third kappa shape index (κ3) is 4.09. The molecular formula is C20H16FN5O. The zero-order valence-corrected chi connectivity index (χ0v) is 14.3. The van der Waals surface area contributed by atoms with Crippen LogP contribution in [0.2, 0.25) is 0 Å². The lowest BCUT2D eigenvalue weighted by molar-refractivity contribution is 0.427. The predicted molar refractivity (Wildman–Crippen MR) is 99.4 cm³/mol. The zero-order chi connectivity index (χ0) is 18.5. The van der Waals surface area contributed by atoms with Crippen LogP contribution in [-0.2, 0) is 6.54 Å². The van der Waals surface area contributed by atoms with Gasteiger partial charge in [0.25, 0.3) is 0 Å². The van der Waals surface area contributed by atoms with E-state index in [0.29, 0.717) is 12.3 Å². The number of hydrogen-bond donors (Lipinski definition) is 1. The monoisotopic (exact) mass is 361 g/mol. The van der Waals surface area contributed by atoms with Crippen molar-refractivity contribution in [2.75, 3.05) is 5.32 Å². The number of anilines is 1. The van der Waals surface area contributed by atoms with E-state index < -0.39 is 0 Å². The van der Waals surface area contributed by atoms with Gasteiger partial charge in [0.2, 0.25) is 0 Å². The fourth-order valence-corrected chi connectivity index (χ4v) is 2.57. The SMILES string of the molecule is Fc1ccc(NCc2cccc(Oc3nnnn3-c3ccccc3)c2)cc1. The zero-order valence-electron chi connectivity index (χ0n) is 14.3. The fourth-order valence-electron chi connectivity index (χ4n) is 2.57. The molecule has 1 aromatic heterocycles. The molecule has 0 unspecified atom stereocenters. The van der Waals surface area contributed by atoms with Gasteiger partial charge in [0.15, 0.2) is 0 Å². The summed E-state index contributed by atoms with van der Waals surface area (Å²) in [7, 11) is 0. The van der Waals surface area contributed by atoms with Crippen molar-refractivity contribution in [2.24, 2.45) is 0 Å². The van der Waals surface area contributed by atoms with E-state index in [4.69, 9.17) is 4.74 Å². The summed E-state index contributed by atoms with van der Waals surface area (Å²) in [5.41, 5.74) is 2.66. The van der Waals surface area contributed by atoms with E-state index in [1.807, 2.05) is 54.6 Å². The van der Waals surface area contributed by atoms with Gasteiger partial charge in [-0.3, -0.25) is 0 Å². The maximum Gasteiger partial charge on any atom is 0.345 e. The van der Waals surface area contributed by atoms with Gasteiger partial charge in [-0.25, -0.2) is 4.39 Å². The number of rotatable bonds is 6. The van der Waals surface area contributed by atoms with Crippen molar-refractivity contribution in [3.05, 3.63) is 90.2 Å². The van der Waals surface area contributed by atoms with Gasteiger partial charge >= 0.3 is 6.01 Å². The molecule has 27 heavy (non-hydrogen) atoms. The number of tetrazole rings is 1. The van der Waals surface area contributed by atoms with Crippen LogP contribution in [0.25, 0.3) is 5.69 Å². The van der Waals surface area contributed by atoms with E-state index in [-0.39, 0.29) is 11.8 Å². The molecule has 0 fully saturated rings. The Morgan fingerprint density at radius 3 is 2.56 bits per heavy atom. The number of nitrogens with zero attached hydrogens (tertiary/aromatic N) is 4. The Morgan fingerprint density at radius 1 is 0.926 bits per heavy atom. The van der Waals surface area contributed by atoms with Crippen LogP contribution in [0.1, 0.15) is 5.56 Å². The Labute approximate surface area is 155 Å². The molecular weight excluding hydrogens is 345 g/mol. The summed E-state index contributed by atoms with van der Waals surface area (Å²) >= 11 is 0. The highest BCUT2D eigenvalue weighted by Gasteiger charge is 2.10. The van der Waals surface area contributed by atoms with E-state index in [1.54, 1.807) is 12.1 Å². The molecule has 0 saturated heterocycles. The molecule has 134 valence electrons. The summed E-state index contributed by atoms with van der Waals surface area (Å²) in [6.45, 7) is 0.576. The molecule has 0 aliphatic carbocycles. The van der Waals surface area contributed by atoms with Crippen molar-refractivity contribution >= 4 is 5.69 Å². The van der Waals surface area contributed by atoms with Crippen LogP contribution in [0, 0.1) is 5.82 Å². The van der Waals surface area contributed by atoms with Crippen LogP contribution in [0.5, 0.6) is 11.8 Å². The Morgan fingerprint density at radius 2 is 1.74 bits per heavy atom. The predicted octanol–water partition coefficient (Wildman–Crippen LogP) is 4.21. The third-order valence-electron chi connectivity index (χ3n) is 3.89. The first-order valence-electron chi connectivity index (χ1n) is 8.38. The Balaban J connectivity index is 1.47. The number of benzene rings is 3. The summed E-state index contributed by atoms with van der Waals surface area (Å²) in [6, 6.07) is 23.7. The van der Waals surface area contributed by atoms with Crippen molar-refractivity contribution in [1.82, 2.24) is 20.2 Å². The number of aromatic nitrogens is 4. The number of nitrogens with one attached hydrogen (secondary N) is 1. The lowest BCUT2D eigenvalue weighted by atomic mass is 10.2. The van der Waals surface area contributed by atoms with Gasteiger partial charge in [-0.2, -0.15) is 4.68 Å². The minimum atomic E-state index is -0.257. The first-order valence-corrected chi connectivity index (χ1v) is 8.38. The maximum atomic E-state index is 13.0. The van der Waals surface area contributed by atoms with Crippen LogP contribution in [0.15, 0.2) is 78.9 Å². The molecule has 0 bridgehead atoms. The first-order chi connectivity index (χ1) is 13.3. The average Bonchev–Trinajstić information content (AvgIpc) is 3.17. The molecule has 0 aliphatic rings. The smallest absolute Gasteiger partial charge is 0.345 e. The van der Waals surface area contributed by atoms with Crippen LogP contribution < -0.4 is 10.1 Å². The number of hydrogen-bond acceptors (Lipinski definition) is 5. The standard InChI is InChI=1S/C20H16FN5O/c21-16-9-11-17(12-10-16)22-14-15-5-4-8-19(13-15)27-20-23-24-25-26(20)18-6-2-1-3-7-18/h1-13,22H,14H2. The molecule has 0 atom stereocenters. The van der Waals surface area contributed by atoms with E-state index in [0.717, 1.165) is 16.9 Å². The van der Waals surface area contributed by atoms with E-state index in [2.05, 4.69) is 20.8 Å². The molecule has 6 nitrogen and oxygen atoms in total. The lowest BCUT2D eigenvalue weighted by Gasteiger charge is -2.09. The third-order valence-corrected chi connectivity index (χ3v) is 3.89. The Hall–Kier alpha value is -3.74. The highest BCUT2D eigenvalue weighted by molar-refractivity contribution is 5.44. The molecule has 7 heteroatoms. The molecule has 0 radical (unpaired) electrons. The van der Waals surface area contributed by atoms with Gasteiger partial charge < -0.3 is 10.1 Å². The average molecular weight is 361 g/mol. The summed E-state index contributed by atoms with van der Waals surface area (Å²) in [5, 5.41) is 14.9. The molecule has 1 N–H and O–H groups in total. The summed E-state index contributed by atoms with van der Waals surface area (Å²) < 4.78 is 20.4. The molecule has 3 aromatic carbocycles. The second kappa shape index (κ2) is 7.65. The summed E-state index contributed by atoms with van der Waals surface area (Å²) in [6.07, 6.45) is 0. The minimum absolute atomic E-state index is 0.257. The summed E-state index contributed by atoms with van der Waals surface area (Å²) in [4.78, 5) is 0. The van der Waals surface area contributed by atoms with Crippen molar-refractivity contribution in [2.45, 2.75) is 6.54 Å². The Bertz CT molecular complexity index is 1020. The van der Waals surface area contributed by atoms with Crippen molar-refractivity contribution < 1.29 is 9.13 Å². The molecule has 4 rings (SSSR count). The van der Waals surface area contributed by atoms with Gasteiger partial charge in [-0.15, -0.1) is 0 Å². The van der Waals surface area contributed by atoms with Crippen molar-refractivity contribution in [3.63, 3.8) is 0 Å². The second-order valence-electron chi connectivity index (χ2n) is 5.82. The lowest BCUT2D eigenvalue weighted by Crippen LogP contribution is -2.01. The maximum absolute atomic E-state index is 13.0. The number of para-hydroxylation sites is 1. The van der Waals surface area contributed by atoms with Gasteiger partial charge in [-0.05, 0) is 64.5 Å². The topological polar surface area (TPSA) is 64.9 Å².